The first-order valence-electron chi connectivity index (χ1n) is 3.70. The maximum Gasteiger partial charge on any atom is 0.280 e. The zero-order chi connectivity index (χ0) is 9.84. The van der Waals surface area contributed by atoms with Crippen LogP contribution in [0.3, 0.4) is 0 Å². The fourth-order valence-corrected chi connectivity index (χ4v) is 1.04. The van der Waals surface area contributed by atoms with Crippen molar-refractivity contribution in [3.8, 4) is 0 Å². The van der Waals surface area contributed by atoms with Crippen LogP contribution in [-0.2, 0) is 0 Å². The van der Waals surface area contributed by atoms with E-state index in [0.29, 0.717) is 11.3 Å². The second-order valence-electron chi connectivity index (χ2n) is 2.56. The van der Waals surface area contributed by atoms with Crippen LogP contribution in [0.5, 0.6) is 0 Å². The third-order valence-electron chi connectivity index (χ3n) is 1.54. The molecule has 0 spiro atoms. The number of rotatable bonds is 2. The maximum absolute atomic E-state index is 10.9. The molecule has 4 heteroatoms. The van der Waals surface area contributed by atoms with Gasteiger partial charge in [-0.2, -0.15) is 0 Å². The summed E-state index contributed by atoms with van der Waals surface area (Å²) in [6, 6.07) is 6.62. The number of thiol groups is 1. The SMILES string of the molecule is CC(=O)c1ccc(NC(=O)S)cc1. The third kappa shape index (κ3) is 2.91. The molecule has 0 aliphatic heterocycles. The lowest BCUT2D eigenvalue weighted by atomic mass is 10.1. The number of hydrogen-bond donors (Lipinski definition) is 2. The molecule has 0 bridgehead atoms. The molecule has 3 nitrogen and oxygen atoms in total. The van der Waals surface area contributed by atoms with Crippen LogP contribution >= 0.6 is 12.6 Å². The highest BCUT2D eigenvalue weighted by molar-refractivity contribution is 7.96. The predicted molar refractivity (Wildman–Crippen MR) is 54.5 cm³/mol. The topological polar surface area (TPSA) is 46.2 Å². The van der Waals surface area contributed by atoms with Crippen LogP contribution in [0.25, 0.3) is 0 Å². The van der Waals surface area contributed by atoms with E-state index in [1.165, 1.54) is 6.92 Å². The lowest BCUT2D eigenvalue weighted by Crippen LogP contribution is -2.01. The zero-order valence-electron chi connectivity index (χ0n) is 7.07. The van der Waals surface area contributed by atoms with Crippen LogP contribution in [-0.4, -0.2) is 11.0 Å². The van der Waals surface area contributed by atoms with Gasteiger partial charge in [0.1, 0.15) is 0 Å². The van der Waals surface area contributed by atoms with Crippen molar-refractivity contribution in [3.63, 3.8) is 0 Å². The van der Waals surface area contributed by atoms with Crippen molar-refractivity contribution in [2.24, 2.45) is 0 Å². The molecule has 0 atom stereocenters. The van der Waals surface area contributed by atoms with E-state index >= 15 is 0 Å². The fraction of sp³-hybridized carbons (Fsp3) is 0.111. The number of anilines is 1. The number of ketones is 1. The Morgan fingerprint density at radius 2 is 1.77 bits per heavy atom. The van der Waals surface area contributed by atoms with Crippen LogP contribution in [0, 0.1) is 0 Å². The molecule has 1 amide bonds. The Bertz CT molecular complexity index is 332. The van der Waals surface area contributed by atoms with Gasteiger partial charge in [0.05, 0.1) is 0 Å². The molecular formula is C9H9NO2S. The van der Waals surface area contributed by atoms with Crippen LogP contribution in [0.2, 0.25) is 0 Å². The molecule has 1 N–H and O–H groups in total. The number of benzene rings is 1. The van der Waals surface area contributed by atoms with Crippen molar-refractivity contribution in [2.75, 3.05) is 5.32 Å². The summed E-state index contributed by atoms with van der Waals surface area (Å²) in [5.74, 6) is 0.00347. The summed E-state index contributed by atoms with van der Waals surface area (Å²) in [5.41, 5.74) is 1.25. The van der Waals surface area contributed by atoms with Gasteiger partial charge in [0, 0.05) is 11.3 Å². The molecule has 0 aliphatic carbocycles. The highest BCUT2D eigenvalue weighted by Gasteiger charge is 1.99. The largest absolute Gasteiger partial charge is 0.317 e. The summed E-state index contributed by atoms with van der Waals surface area (Å²) in [4.78, 5) is 21.4. The van der Waals surface area contributed by atoms with Crippen molar-refractivity contribution >= 4 is 29.3 Å². The van der Waals surface area contributed by atoms with Gasteiger partial charge in [0.15, 0.2) is 5.78 Å². The molecule has 0 unspecified atom stereocenters. The fourth-order valence-electron chi connectivity index (χ4n) is 0.912. The summed E-state index contributed by atoms with van der Waals surface area (Å²) in [6.07, 6.45) is 0. The average molecular weight is 195 g/mol. The third-order valence-corrected chi connectivity index (χ3v) is 1.65. The van der Waals surface area contributed by atoms with E-state index in [4.69, 9.17) is 0 Å². The van der Waals surface area contributed by atoms with Gasteiger partial charge in [0.2, 0.25) is 0 Å². The first kappa shape index (κ1) is 9.80. The number of carbonyl (C=O) groups excluding carboxylic acids is 2. The van der Waals surface area contributed by atoms with Gasteiger partial charge in [-0.1, -0.05) is 12.6 Å². The Balaban J connectivity index is 2.81. The molecule has 1 aromatic carbocycles. The summed E-state index contributed by atoms with van der Waals surface area (Å²) in [6.45, 7) is 1.49. The second-order valence-corrected chi connectivity index (χ2v) is 2.97. The Morgan fingerprint density at radius 1 is 1.23 bits per heavy atom. The normalized spacial score (nSPS) is 9.38. The van der Waals surface area contributed by atoms with E-state index in [-0.39, 0.29) is 5.78 Å². The lowest BCUT2D eigenvalue weighted by Gasteiger charge is -2.01. The summed E-state index contributed by atoms with van der Waals surface area (Å²) in [5, 5.41) is 2.06. The highest BCUT2D eigenvalue weighted by Crippen LogP contribution is 2.10. The molecule has 68 valence electrons. The van der Waals surface area contributed by atoms with E-state index in [9.17, 15) is 9.59 Å². The molecule has 0 fully saturated rings. The molecule has 13 heavy (non-hydrogen) atoms. The number of carbonyl (C=O) groups is 2. The second kappa shape index (κ2) is 4.09. The Hall–Kier alpha value is -1.29. The molecule has 0 heterocycles. The minimum atomic E-state index is -0.421. The van der Waals surface area contributed by atoms with Gasteiger partial charge in [-0.05, 0) is 31.2 Å². The smallest absolute Gasteiger partial charge is 0.280 e. The van der Waals surface area contributed by atoms with Crippen molar-refractivity contribution < 1.29 is 9.59 Å². The summed E-state index contributed by atoms with van der Waals surface area (Å²) in [7, 11) is 0. The van der Waals surface area contributed by atoms with E-state index in [1.54, 1.807) is 24.3 Å². The maximum atomic E-state index is 10.9. The van der Waals surface area contributed by atoms with Crippen LogP contribution < -0.4 is 5.32 Å². The molecule has 1 rings (SSSR count). The summed E-state index contributed by atoms with van der Waals surface area (Å²) < 4.78 is 0. The number of Topliss-reactive ketones (excluding diaryl/α,β-unsaturated/α-hetero) is 1. The monoisotopic (exact) mass is 195 g/mol. The average Bonchev–Trinajstić information content (AvgIpc) is 2.04. The van der Waals surface area contributed by atoms with Gasteiger partial charge >= 0.3 is 0 Å². The van der Waals surface area contributed by atoms with Gasteiger partial charge in [-0.25, -0.2) is 0 Å². The van der Waals surface area contributed by atoms with Crippen LogP contribution in [0.1, 0.15) is 17.3 Å². The number of hydrogen-bond acceptors (Lipinski definition) is 2. The Labute approximate surface area is 81.6 Å². The van der Waals surface area contributed by atoms with Gasteiger partial charge in [-0.15, -0.1) is 0 Å². The summed E-state index contributed by atoms with van der Waals surface area (Å²) >= 11 is 3.56. The first-order chi connectivity index (χ1) is 6.09. The molecular weight excluding hydrogens is 186 g/mol. The molecule has 0 aliphatic rings. The van der Waals surface area contributed by atoms with E-state index in [0.717, 1.165) is 0 Å². The van der Waals surface area contributed by atoms with E-state index < -0.39 is 5.24 Å². The van der Waals surface area contributed by atoms with Crippen molar-refractivity contribution in [1.82, 2.24) is 0 Å². The predicted octanol–water partition coefficient (Wildman–Crippen LogP) is 2.35. The molecule has 0 saturated heterocycles. The molecule has 0 radical (unpaired) electrons. The van der Waals surface area contributed by atoms with Crippen molar-refractivity contribution in [1.29, 1.82) is 0 Å². The molecule has 1 aromatic rings. The van der Waals surface area contributed by atoms with Crippen LogP contribution in [0.4, 0.5) is 10.5 Å². The molecule has 0 aromatic heterocycles. The quantitative estimate of drug-likeness (QED) is 0.562. The van der Waals surface area contributed by atoms with Gasteiger partial charge in [-0.3, -0.25) is 9.59 Å². The minimum absolute atomic E-state index is 0.00347. The van der Waals surface area contributed by atoms with Gasteiger partial charge in [0.25, 0.3) is 5.24 Å². The van der Waals surface area contributed by atoms with Crippen molar-refractivity contribution in [2.45, 2.75) is 6.92 Å². The zero-order valence-corrected chi connectivity index (χ0v) is 7.97. The molecule has 0 saturated carbocycles. The number of amides is 1. The van der Waals surface area contributed by atoms with Crippen LogP contribution in [0.15, 0.2) is 24.3 Å². The Kier molecular flexibility index (Phi) is 3.08. The first-order valence-corrected chi connectivity index (χ1v) is 4.15. The number of nitrogens with one attached hydrogen (secondary N) is 1. The standard InChI is InChI=1S/C9H9NO2S/c1-6(11)7-2-4-8(5-3-7)10-9(12)13/h2-5H,1H3,(H2,10,12,13). The van der Waals surface area contributed by atoms with E-state index in [2.05, 4.69) is 17.9 Å². The lowest BCUT2D eigenvalue weighted by molar-refractivity contribution is 0.101. The van der Waals surface area contributed by atoms with E-state index in [1.807, 2.05) is 0 Å². The minimum Gasteiger partial charge on any atom is -0.317 e. The Morgan fingerprint density at radius 3 is 2.15 bits per heavy atom. The van der Waals surface area contributed by atoms with Gasteiger partial charge < -0.3 is 5.32 Å². The highest BCUT2D eigenvalue weighted by atomic mass is 32.1. The van der Waals surface area contributed by atoms with Crippen molar-refractivity contribution in [3.05, 3.63) is 29.8 Å².